The van der Waals surface area contributed by atoms with E-state index >= 15 is 8.78 Å². The number of carbonyl (C=O) groups excluding carboxylic acids is 2. The van der Waals surface area contributed by atoms with E-state index < -0.39 is 56.8 Å². The van der Waals surface area contributed by atoms with Gasteiger partial charge in [0.15, 0.2) is 11.5 Å². The van der Waals surface area contributed by atoms with Crippen molar-refractivity contribution in [1.82, 2.24) is 15.3 Å². The van der Waals surface area contributed by atoms with Crippen molar-refractivity contribution in [1.29, 1.82) is 0 Å². The van der Waals surface area contributed by atoms with Crippen LogP contribution in [0.2, 0.25) is 0 Å². The Morgan fingerprint density at radius 3 is 2.33 bits per heavy atom. The standard InChI is InChI=1S/C30H22BrF3N4O6S/c1-15-36-27-18(5-8-21(31)28(27)44-15)11-24(30(40)43-2)37-29(39)26-22(32)13-19(14-23(26)33)38-45(41,42)20-6-3-16(4-7-20)17-9-10-35-25(34)12-17/h3-10,12-14,24,38H,11H2,1-2H3,(H,37,39)/t24-/m0/s1. The van der Waals surface area contributed by atoms with Crippen LogP contribution in [0.1, 0.15) is 21.8 Å². The molecule has 0 aliphatic rings. The molecule has 232 valence electrons. The number of aryl methyl sites for hydroxylation is 1. The summed E-state index contributed by atoms with van der Waals surface area (Å²) in [6, 6.07) is 11.2. The minimum Gasteiger partial charge on any atom is -0.467 e. The van der Waals surface area contributed by atoms with Crippen LogP contribution < -0.4 is 10.0 Å². The third kappa shape index (κ3) is 6.83. The fourth-order valence-electron chi connectivity index (χ4n) is 4.56. The quantitative estimate of drug-likeness (QED) is 0.147. The van der Waals surface area contributed by atoms with Crippen LogP contribution in [0.3, 0.4) is 0 Å². The van der Waals surface area contributed by atoms with Gasteiger partial charge in [0.05, 0.1) is 22.2 Å². The summed E-state index contributed by atoms with van der Waals surface area (Å²) >= 11 is 3.36. The number of fused-ring (bicyclic) bond motifs is 1. The molecule has 2 aromatic heterocycles. The minimum absolute atomic E-state index is 0.149. The molecule has 3 aromatic carbocycles. The van der Waals surface area contributed by atoms with Crippen LogP contribution in [0.15, 0.2) is 80.6 Å². The number of nitrogens with one attached hydrogen (secondary N) is 2. The van der Waals surface area contributed by atoms with Crippen molar-refractivity contribution in [2.75, 3.05) is 11.8 Å². The molecule has 0 saturated heterocycles. The predicted molar refractivity (Wildman–Crippen MR) is 160 cm³/mol. The molecule has 0 spiro atoms. The zero-order valence-electron chi connectivity index (χ0n) is 23.4. The molecule has 0 aliphatic heterocycles. The average Bonchev–Trinajstić information content (AvgIpc) is 3.39. The lowest BCUT2D eigenvalue weighted by Crippen LogP contribution is -2.43. The van der Waals surface area contributed by atoms with Gasteiger partial charge in [-0.3, -0.25) is 9.52 Å². The van der Waals surface area contributed by atoms with Gasteiger partial charge < -0.3 is 14.5 Å². The monoisotopic (exact) mass is 702 g/mol. The normalized spacial score (nSPS) is 12.1. The largest absolute Gasteiger partial charge is 0.467 e. The summed E-state index contributed by atoms with van der Waals surface area (Å²) in [7, 11) is -3.23. The van der Waals surface area contributed by atoms with E-state index in [1.54, 1.807) is 25.1 Å². The highest BCUT2D eigenvalue weighted by Crippen LogP contribution is 2.29. The molecular weight excluding hydrogens is 681 g/mol. The molecule has 0 saturated carbocycles. The van der Waals surface area contributed by atoms with E-state index in [-0.39, 0.29) is 11.3 Å². The van der Waals surface area contributed by atoms with E-state index in [0.29, 0.717) is 50.3 Å². The van der Waals surface area contributed by atoms with Gasteiger partial charge in [-0.15, -0.1) is 0 Å². The Bertz CT molecular complexity index is 2030. The van der Waals surface area contributed by atoms with Crippen molar-refractivity contribution in [3.8, 4) is 11.1 Å². The zero-order valence-corrected chi connectivity index (χ0v) is 25.8. The van der Waals surface area contributed by atoms with Crippen molar-refractivity contribution in [2.45, 2.75) is 24.3 Å². The van der Waals surface area contributed by atoms with Crippen LogP contribution in [0, 0.1) is 24.5 Å². The van der Waals surface area contributed by atoms with Gasteiger partial charge >= 0.3 is 5.97 Å². The van der Waals surface area contributed by atoms with Crippen LogP contribution >= 0.6 is 15.9 Å². The molecule has 0 bridgehead atoms. The van der Waals surface area contributed by atoms with Crippen LogP contribution in [-0.2, 0) is 26.0 Å². The lowest BCUT2D eigenvalue weighted by Gasteiger charge is -2.18. The molecule has 5 rings (SSSR count). The number of rotatable bonds is 9. The number of nitrogens with zero attached hydrogens (tertiary/aromatic N) is 2. The number of hydrogen-bond donors (Lipinski definition) is 2. The maximum atomic E-state index is 15.1. The molecular formula is C30H22BrF3N4O6S. The molecule has 45 heavy (non-hydrogen) atoms. The smallest absolute Gasteiger partial charge is 0.328 e. The second-order valence-electron chi connectivity index (χ2n) is 9.68. The first-order valence-electron chi connectivity index (χ1n) is 13.0. The fraction of sp³-hybridized carbons (Fsp3) is 0.133. The highest BCUT2D eigenvalue weighted by Gasteiger charge is 2.28. The number of methoxy groups -OCH3 is 1. The molecule has 1 amide bonds. The topological polar surface area (TPSA) is 140 Å². The third-order valence-electron chi connectivity index (χ3n) is 6.65. The summed E-state index contributed by atoms with van der Waals surface area (Å²) in [4.78, 5) is 33.1. The van der Waals surface area contributed by atoms with Crippen molar-refractivity contribution >= 4 is 54.6 Å². The maximum Gasteiger partial charge on any atom is 0.328 e. The van der Waals surface area contributed by atoms with Crippen LogP contribution in [0.25, 0.3) is 22.2 Å². The Balaban J connectivity index is 1.35. The number of oxazole rings is 1. The number of halogens is 4. The Morgan fingerprint density at radius 1 is 1.00 bits per heavy atom. The fourth-order valence-corrected chi connectivity index (χ4v) is 6.00. The van der Waals surface area contributed by atoms with Gasteiger partial charge in [-0.2, -0.15) is 4.39 Å². The molecule has 0 aliphatic carbocycles. The van der Waals surface area contributed by atoms with E-state index in [4.69, 9.17) is 9.15 Å². The molecule has 2 heterocycles. The summed E-state index contributed by atoms with van der Waals surface area (Å²) in [5.41, 5.74) is 0.755. The number of sulfonamides is 1. The highest BCUT2D eigenvalue weighted by atomic mass is 79.9. The van der Waals surface area contributed by atoms with Gasteiger partial charge in [-0.05, 0) is 69.0 Å². The first-order chi connectivity index (χ1) is 21.4. The molecule has 10 nitrogen and oxygen atoms in total. The second-order valence-corrected chi connectivity index (χ2v) is 12.2. The van der Waals surface area contributed by atoms with E-state index in [9.17, 15) is 22.4 Å². The second kappa shape index (κ2) is 12.7. The van der Waals surface area contributed by atoms with Gasteiger partial charge in [-0.1, -0.05) is 18.2 Å². The first-order valence-corrected chi connectivity index (χ1v) is 15.3. The predicted octanol–water partition coefficient (Wildman–Crippen LogP) is 5.69. The molecule has 0 radical (unpaired) electrons. The summed E-state index contributed by atoms with van der Waals surface area (Å²) in [6.07, 6.45) is 1.11. The van der Waals surface area contributed by atoms with Gasteiger partial charge in [0, 0.05) is 25.6 Å². The Hall–Kier alpha value is -4.76. The Kier molecular flexibility index (Phi) is 8.93. The first kappa shape index (κ1) is 31.7. The lowest BCUT2D eigenvalue weighted by atomic mass is 10.0. The van der Waals surface area contributed by atoms with Crippen LogP contribution in [0.5, 0.6) is 0 Å². The number of esters is 1. The van der Waals surface area contributed by atoms with E-state index in [2.05, 4.69) is 35.9 Å². The molecule has 1 atom stereocenters. The van der Waals surface area contributed by atoms with Crippen molar-refractivity contribution in [3.63, 3.8) is 0 Å². The molecule has 5 aromatic rings. The number of anilines is 1. The number of ether oxygens (including phenoxy) is 1. The lowest BCUT2D eigenvalue weighted by molar-refractivity contribution is -0.142. The van der Waals surface area contributed by atoms with Crippen molar-refractivity contribution in [2.24, 2.45) is 0 Å². The summed E-state index contributed by atoms with van der Waals surface area (Å²) < 4.78 is 82.5. The summed E-state index contributed by atoms with van der Waals surface area (Å²) in [5.74, 6) is -5.28. The molecule has 0 unspecified atom stereocenters. The zero-order chi connectivity index (χ0) is 32.5. The minimum atomic E-state index is -4.32. The van der Waals surface area contributed by atoms with Crippen molar-refractivity contribution < 1.29 is 40.3 Å². The SMILES string of the molecule is COC(=O)[C@H](Cc1ccc(Br)c2oc(C)nc12)NC(=O)c1c(F)cc(NS(=O)(=O)c2ccc(-c3ccnc(F)c3)cc2)cc1F. The number of pyridine rings is 1. The Labute approximate surface area is 262 Å². The molecule has 2 N–H and O–H groups in total. The van der Waals surface area contributed by atoms with Crippen LogP contribution in [-0.4, -0.2) is 43.4 Å². The average molecular weight is 703 g/mol. The molecule has 15 heteroatoms. The van der Waals surface area contributed by atoms with Gasteiger partial charge in [0.2, 0.25) is 5.95 Å². The van der Waals surface area contributed by atoms with Gasteiger partial charge in [0.1, 0.15) is 28.8 Å². The van der Waals surface area contributed by atoms with Crippen LogP contribution in [0.4, 0.5) is 18.9 Å². The van der Waals surface area contributed by atoms with E-state index in [0.717, 1.165) is 7.11 Å². The molecule has 0 fully saturated rings. The number of aromatic nitrogens is 2. The van der Waals surface area contributed by atoms with E-state index in [1.165, 1.54) is 36.5 Å². The number of carbonyl (C=O) groups is 2. The van der Waals surface area contributed by atoms with E-state index in [1.807, 2.05) is 0 Å². The van der Waals surface area contributed by atoms with Gasteiger partial charge in [-0.25, -0.2) is 32.0 Å². The maximum absolute atomic E-state index is 15.1. The summed E-state index contributed by atoms with van der Waals surface area (Å²) in [5, 5.41) is 2.29. The number of hydrogen-bond acceptors (Lipinski definition) is 8. The Morgan fingerprint density at radius 2 is 1.69 bits per heavy atom. The van der Waals surface area contributed by atoms with Gasteiger partial charge in [0.25, 0.3) is 15.9 Å². The third-order valence-corrected chi connectivity index (χ3v) is 8.67. The van der Waals surface area contributed by atoms with Crippen molar-refractivity contribution in [3.05, 3.63) is 106 Å². The number of benzene rings is 3. The highest BCUT2D eigenvalue weighted by molar-refractivity contribution is 9.10. The number of amides is 1. The summed E-state index contributed by atoms with van der Waals surface area (Å²) in [6.45, 7) is 1.63.